The van der Waals surface area contributed by atoms with E-state index in [2.05, 4.69) is 35.8 Å². The molecule has 0 amide bonds. The van der Waals surface area contributed by atoms with Crippen LogP contribution in [0.2, 0.25) is 0 Å². The van der Waals surface area contributed by atoms with Crippen molar-refractivity contribution in [3.63, 3.8) is 0 Å². The summed E-state index contributed by atoms with van der Waals surface area (Å²) in [5, 5.41) is 10.5. The molecule has 9 rings (SSSR count). The molecule has 3 N–H and O–H groups in total. The Morgan fingerprint density at radius 1 is 0.500 bits per heavy atom. The third kappa shape index (κ3) is 14.8. The molecule has 21 heteroatoms. The number of nitrogens with zero attached hydrogens (tertiary/aromatic N) is 4. The summed E-state index contributed by atoms with van der Waals surface area (Å²) in [6.07, 6.45) is -14.0. The summed E-state index contributed by atoms with van der Waals surface area (Å²) in [4.78, 5) is 15.4. The number of pyridine rings is 3. The highest BCUT2D eigenvalue weighted by atomic mass is 19.4. The summed E-state index contributed by atoms with van der Waals surface area (Å²) in [6, 6.07) is 39.0. The Bertz CT molecular complexity index is 2940. The van der Waals surface area contributed by atoms with Crippen molar-refractivity contribution < 1.29 is 62.2 Å². The zero-order chi connectivity index (χ0) is 57.4. The van der Waals surface area contributed by atoms with E-state index in [4.69, 9.17) is 9.47 Å². The van der Waals surface area contributed by atoms with Crippen molar-refractivity contribution in [3.8, 4) is 0 Å². The van der Waals surface area contributed by atoms with Gasteiger partial charge in [0.1, 0.15) is 17.5 Å². The van der Waals surface area contributed by atoms with Gasteiger partial charge in [0.25, 0.3) is 0 Å². The molecule has 0 unspecified atom stereocenters. The third-order valence-electron chi connectivity index (χ3n) is 14.3. The molecule has 4 aromatic carbocycles. The van der Waals surface area contributed by atoms with Gasteiger partial charge in [-0.25, -0.2) is 15.0 Å². The van der Waals surface area contributed by atoms with E-state index in [9.17, 15) is 52.7 Å². The van der Waals surface area contributed by atoms with Gasteiger partial charge in [-0.15, -0.1) is 0 Å². The topological polar surface area (TPSA) is 96.5 Å². The highest BCUT2D eigenvalue weighted by molar-refractivity contribution is 5.57. The third-order valence-corrected chi connectivity index (χ3v) is 14.3. The van der Waals surface area contributed by atoms with Crippen LogP contribution in [0.1, 0.15) is 96.2 Å². The number of alkyl halides is 12. The monoisotopic (exact) mass is 1120 g/mol. The maximum atomic E-state index is 13.5. The van der Waals surface area contributed by atoms with E-state index in [1.807, 2.05) is 115 Å². The zero-order valence-corrected chi connectivity index (χ0v) is 43.3. The van der Waals surface area contributed by atoms with Gasteiger partial charge in [0, 0.05) is 43.8 Å². The Morgan fingerprint density at radius 3 is 1.23 bits per heavy atom. The van der Waals surface area contributed by atoms with E-state index in [1.54, 1.807) is 18.6 Å². The van der Waals surface area contributed by atoms with Gasteiger partial charge in [0.15, 0.2) is 0 Å². The number of aromatic nitrogens is 3. The van der Waals surface area contributed by atoms with Crippen LogP contribution < -0.4 is 20.9 Å². The van der Waals surface area contributed by atoms with Gasteiger partial charge in [-0.1, -0.05) is 78.9 Å². The highest BCUT2D eigenvalue weighted by Gasteiger charge is 2.43. The quantitative estimate of drug-likeness (QED) is 0.0868. The van der Waals surface area contributed by atoms with Crippen LogP contribution in [0.5, 0.6) is 0 Å². The Balaban J connectivity index is 0.000000213. The second kappa shape index (κ2) is 24.7. The predicted molar refractivity (Wildman–Crippen MR) is 278 cm³/mol. The summed E-state index contributed by atoms with van der Waals surface area (Å²) in [5.41, 5.74) is -5.39. The number of halogens is 12. The number of anilines is 3. The predicted octanol–water partition coefficient (Wildman–Crippen LogP) is 15.0. The molecule has 0 aliphatic carbocycles. The molecule has 2 aliphatic rings. The van der Waals surface area contributed by atoms with Gasteiger partial charge >= 0.3 is 24.7 Å². The Hall–Kier alpha value is -7.07. The summed E-state index contributed by atoms with van der Waals surface area (Å²) in [7, 11) is 0. The first kappa shape index (κ1) is 59.1. The molecular formula is C59H57F12N7O2. The van der Waals surface area contributed by atoms with Gasteiger partial charge in [0.2, 0.25) is 0 Å². The minimum atomic E-state index is -4.94. The Labute approximate surface area is 454 Å². The molecule has 2 saturated heterocycles. The highest BCUT2D eigenvalue weighted by Crippen LogP contribution is 2.42. The second-order valence-electron chi connectivity index (χ2n) is 19.8. The first-order valence-electron chi connectivity index (χ1n) is 25.6. The van der Waals surface area contributed by atoms with E-state index in [0.29, 0.717) is 32.4 Å². The summed E-state index contributed by atoms with van der Waals surface area (Å²) in [6.45, 7) is 4.06. The van der Waals surface area contributed by atoms with Gasteiger partial charge in [-0.05, 0) is 135 Å². The van der Waals surface area contributed by atoms with E-state index in [-0.39, 0.29) is 48.6 Å². The zero-order valence-electron chi connectivity index (χ0n) is 43.3. The molecule has 9 nitrogen and oxygen atoms in total. The minimum Gasteiger partial charge on any atom is -0.372 e. The fourth-order valence-electron chi connectivity index (χ4n) is 9.91. The number of nitrogens with one attached hydrogen (secondary N) is 3. The van der Waals surface area contributed by atoms with Gasteiger partial charge in [-0.2, -0.15) is 52.7 Å². The average molecular weight is 1120 g/mol. The molecule has 6 atom stereocenters. The summed E-state index contributed by atoms with van der Waals surface area (Å²) >= 11 is 0. The van der Waals surface area contributed by atoms with Crippen LogP contribution in [0.25, 0.3) is 0 Å². The largest absolute Gasteiger partial charge is 0.416 e. The van der Waals surface area contributed by atoms with Crippen LogP contribution in [-0.4, -0.2) is 53.3 Å². The van der Waals surface area contributed by atoms with Crippen LogP contribution in [-0.2, 0) is 45.3 Å². The smallest absolute Gasteiger partial charge is 0.372 e. The fraction of sp³-hybridized carbons (Fsp3) is 0.339. The number of benzene rings is 4. The Kier molecular flexibility index (Phi) is 18.3. The lowest BCUT2D eigenvalue weighted by molar-refractivity contribution is -0.145. The number of hydrogen-bond donors (Lipinski definition) is 3. The molecule has 0 radical (unpaired) electrons. The molecule has 3 aromatic heterocycles. The normalized spacial score (nSPS) is 20.7. The average Bonchev–Trinajstić information content (AvgIpc) is 3.46. The van der Waals surface area contributed by atoms with Crippen molar-refractivity contribution in [2.45, 2.75) is 99.6 Å². The van der Waals surface area contributed by atoms with E-state index >= 15 is 0 Å². The molecule has 2 fully saturated rings. The molecule has 5 heterocycles. The second-order valence-corrected chi connectivity index (χ2v) is 19.8. The van der Waals surface area contributed by atoms with Crippen LogP contribution >= 0.6 is 0 Å². The van der Waals surface area contributed by atoms with Crippen LogP contribution in [0.4, 0.5) is 70.1 Å². The van der Waals surface area contributed by atoms with Crippen molar-refractivity contribution in [1.29, 1.82) is 0 Å². The molecule has 7 aromatic rings. The molecule has 2 aliphatic heterocycles. The van der Waals surface area contributed by atoms with Crippen molar-refractivity contribution in [2.75, 3.05) is 36.5 Å². The number of rotatable bonds is 15. The number of piperidine rings is 2. The van der Waals surface area contributed by atoms with E-state index in [1.165, 1.54) is 13.8 Å². The lowest BCUT2D eigenvalue weighted by Crippen LogP contribution is -2.56. The fourth-order valence-corrected chi connectivity index (χ4v) is 9.91. The Morgan fingerprint density at radius 2 is 0.887 bits per heavy atom. The van der Waals surface area contributed by atoms with Gasteiger partial charge < -0.3 is 30.3 Å². The lowest BCUT2D eigenvalue weighted by atomic mass is 9.81. The first-order chi connectivity index (χ1) is 37.9. The van der Waals surface area contributed by atoms with Gasteiger partial charge in [-0.3, -0.25) is 0 Å². The van der Waals surface area contributed by atoms with E-state index in [0.717, 1.165) is 59.3 Å². The summed E-state index contributed by atoms with van der Waals surface area (Å²) < 4.78 is 173. The van der Waals surface area contributed by atoms with Gasteiger partial charge in [0.05, 0.1) is 58.8 Å². The van der Waals surface area contributed by atoms with Crippen molar-refractivity contribution in [2.24, 2.45) is 0 Å². The standard InChI is InChI=1S/C32H30F6N4O.C27H27F6N3O/c1-22(23-17-25(31(33,34)35)19-26(18-23)32(36,37)38)43-21-30(24-9-3-2-4-10-24)14-13-27(20-41-30)42(28-11-5-7-15-39-28)29-12-6-8-16-40-29;1-18(19-13-21(26(28,29)30)15-22(14-19)27(31,32)33)37-17-25(20-7-3-2-4-8-20)11-10-23(16-35-25)36-24-9-5-6-12-34-24/h2-12,15-19,22,27,41H,13-14,20-21H2,1H3;2-9,12-15,18,23,35H,10-11,16-17H2,1H3,(H,34,36)/t22-,27+,30-;18-,23+,25-/m11/s1. The minimum absolute atomic E-state index is 0.0235. The van der Waals surface area contributed by atoms with Crippen molar-refractivity contribution in [3.05, 3.63) is 215 Å². The molecular weight excluding hydrogens is 1070 g/mol. The molecule has 0 saturated carbocycles. The molecule has 424 valence electrons. The van der Waals surface area contributed by atoms with Crippen molar-refractivity contribution >= 4 is 17.5 Å². The summed E-state index contributed by atoms with van der Waals surface area (Å²) in [5.74, 6) is 2.21. The maximum Gasteiger partial charge on any atom is 0.416 e. The lowest BCUT2D eigenvalue weighted by Gasteiger charge is -2.45. The van der Waals surface area contributed by atoms with Crippen LogP contribution in [0, 0.1) is 0 Å². The van der Waals surface area contributed by atoms with Crippen LogP contribution in [0.15, 0.2) is 170 Å². The molecule has 0 bridgehead atoms. The van der Waals surface area contributed by atoms with E-state index < -0.39 is 70.2 Å². The SMILES string of the molecule is C[C@@H](OC[C@@]1(c2ccccc2)CC[C@H](N(c2ccccn2)c2ccccn2)CN1)c1cc(C(F)(F)F)cc(C(F)(F)F)c1.C[C@@H](OC[C@@]1(c2ccccc2)CC[C@H](Nc2ccccn2)CN1)c1cc(C(F)(F)F)cc(C(F)(F)F)c1. The first-order valence-corrected chi connectivity index (χ1v) is 25.6. The molecule has 80 heavy (non-hydrogen) atoms. The maximum absolute atomic E-state index is 13.5. The molecule has 0 spiro atoms. The van der Waals surface area contributed by atoms with Crippen molar-refractivity contribution in [1.82, 2.24) is 25.6 Å². The number of hydrogen-bond acceptors (Lipinski definition) is 9. The van der Waals surface area contributed by atoms with Crippen LogP contribution in [0.3, 0.4) is 0 Å². The number of ether oxygens (including phenoxy) is 2.